The SMILES string of the molecule is O=C(NC[C@@H](O)c1ccc(-c2ccsc2)o1)C1CCC1. The van der Waals surface area contributed by atoms with Gasteiger partial charge < -0.3 is 14.8 Å². The zero-order chi connectivity index (χ0) is 13.9. The van der Waals surface area contributed by atoms with E-state index in [1.165, 1.54) is 0 Å². The summed E-state index contributed by atoms with van der Waals surface area (Å²) < 4.78 is 5.63. The molecule has 0 spiro atoms. The number of carbonyl (C=O) groups excluding carboxylic acids is 1. The lowest BCUT2D eigenvalue weighted by molar-refractivity contribution is -0.127. The number of thiophene rings is 1. The van der Waals surface area contributed by atoms with Crippen LogP contribution in [0.5, 0.6) is 0 Å². The predicted octanol–water partition coefficient (Wildman–Crippen LogP) is 2.96. The van der Waals surface area contributed by atoms with Gasteiger partial charge in [-0.3, -0.25) is 4.79 Å². The molecule has 1 amide bonds. The van der Waals surface area contributed by atoms with Gasteiger partial charge in [0.1, 0.15) is 17.6 Å². The fourth-order valence-electron chi connectivity index (χ4n) is 2.20. The van der Waals surface area contributed by atoms with Crippen molar-refractivity contribution >= 4 is 17.2 Å². The Morgan fingerprint density at radius 1 is 1.45 bits per heavy atom. The Morgan fingerprint density at radius 3 is 2.95 bits per heavy atom. The van der Waals surface area contributed by atoms with Gasteiger partial charge in [-0.15, -0.1) is 0 Å². The maximum Gasteiger partial charge on any atom is 0.223 e. The summed E-state index contributed by atoms with van der Waals surface area (Å²) in [5, 5.41) is 16.8. The third-order valence-corrected chi connectivity index (χ3v) is 4.39. The van der Waals surface area contributed by atoms with E-state index in [-0.39, 0.29) is 18.4 Å². The van der Waals surface area contributed by atoms with Gasteiger partial charge in [0.2, 0.25) is 5.91 Å². The number of aliphatic hydroxyl groups excluding tert-OH is 1. The molecule has 3 rings (SSSR count). The van der Waals surface area contributed by atoms with Gasteiger partial charge in [-0.05, 0) is 36.4 Å². The third kappa shape index (κ3) is 2.78. The molecule has 5 heteroatoms. The second kappa shape index (κ2) is 5.81. The highest BCUT2D eigenvalue weighted by Crippen LogP contribution is 2.28. The largest absolute Gasteiger partial charge is 0.458 e. The van der Waals surface area contributed by atoms with Crippen molar-refractivity contribution < 1.29 is 14.3 Å². The first kappa shape index (κ1) is 13.4. The molecule has 2 heterocycles. The summed E-state index contributed by atoms with van der Waals surface area (Å²) in [7, 11) is 0. The van der Waals surface area contributed by atoms with Crippen LogP contribution in [0.2, 0.25) is 0 Å². The highest BCUT2D eigenvalue weighted by molar-refractivity contribution is 7.08. The summed E-state index contributed by atoms with van der Waals surface area (Å²) in [5.41, 5.74) is 1.01. The number of hydrogen-bond acceptors (Lipinski definition) is 4. The number of furan rings is 1. The third-order valence-electron chi connectivity index (χ3n) is 3.71. The molecule has 20 heavy (non-hydrogen) atoms. The number of aliphatic hydroxyl groups is 1. The Hall–Kier alpha value is -1.59. The van der Waals surface area contributed by atoms with E-state index >= 15 is 0 Å². The van der Waals surface area contributed by atoms with E-state index in [4.69, 9.17) is 4.42 Å². The average molecular weight is 291 g/mol. The van der Waals surface area contributed by atoms with E-state index < -0.39 is 6.10 Å². The van der Waals surface area contributed by atoms with Crippen molar-refractivity contribution in [1.29, 1.82) is 0 Å². The van der Waals surface area contributed by atoms with Crippen molar-refractivity contribution in [2.45, 2.75) is 25.4 Å². The molecule has 0 bridgehead atoms. The fraction of sp³-hybridized carbons (Fsp3) is 0.400. The molecular formula is C15H17NO3S. The first-order valence-corrected chi connectivity index (χ1v) is 7.76. The van der Waals surface area contributed by atoms with Crippen molar-refractivity contribution in [3.63, 3.8) is 0 Å². The van der Waals surface area contributed by atoms with Crippen LogP contribution in [0.1, 0.15) is 31.1 Å². The molecule has 1 aliphatic carbocycles. The van der Waals surface area contributed by atoms with E-state index in [1.54, 1.807) is 17.4 Å². The molecule has 0 aromatic carbocycles. The predicted molar refractivity (Wildman–Crippen MR) is 77.3 cm³/mol. The minimum Gasteiger partial charge on any atom is -0.458 e. The summed E-state index contributed by atoms with van der Waals surface area (Å²) in [6.45, 7) is 0.200. The molecule has 0 saturated heterocycles. The van der Waals surface area contributed by atoms with Crippen LogP contribution in [0, 0.1) is 5.92 Å². The van der Waals surface area contributed by atoms with Crippen LogP contribution < -0.4 is 5.32 Å². The first-order valence-electron chi connectivity index (χ1n) is 6.82. The van der Waals surface area contributed by atoms with Crippen molar-refractivity contribution in [2.24, 2.45) is 5.92 Å². The van der Waals surface area contributed by atoms with Gasteiger partial charge in [0.25, 0.3) is 0 Å². The zero-order valence-electron chi connectivity index (χ0n) is 11.0. The standard InChI is InChI=1S/C15H17NO3S/c17-12(8-16-15(18)10-2-1-3-10)14-5-4-13(19-14)11-6-7-20-9-11/h4-7,9-10,12,17H,1-3,8H2,(H,16,18)/t12-/m1/s1. The molecule has 0 unspecified atom stereocenters. The monoisotopic (exact) mass is 291 g/mol. The lowest BCUT2D eigenvalue weighted by Crippen LogP contribution is -2.36. The maximum atomic E-state index is 11.7. The van der Waals surface area contributed by atoms with Crippen LogP contribution in [-0.4, -0.2) is 17.6 Å². The highest BCUT2D eigenvalue weighted by atomic mass is 32.1. The van der Waals surface area contributed by atoms with Crippen molar-refractivity contribution in [3.05, 3.63) is 34.7 Å². The van der Waals surface area contributed by atoms with Crippen LogP contribution in [0.3, 0.4) is 0 Å². The number of carbonyl (C=O) groups is 1. The van der Waals surface area contributed by atoms with Gasteiger partial charge in [0.05, 0.1) is 6.54 Å². The second-order valence-corrected chi connectivity index (χ2v) is 5.88. The van der Waals surface area contributed by atoms with E-state index in [0.29, 0.717) is 5.76 Å². The zero-order valence-corrected chi connectivity index (χ0v) is 11.9. The van der Waals surface area contributed by atoms with Crippen molar-refractivity contribution in [3.8, 4) is 11.3 Å². The molecular weight excluding hydrogens is 274 g/mol. The Kier molecular flexibility index (Phi) is 3.89. The maximum absolute atomic E-state index is 11.7. The molecule has 1 atom stereocenters. The van der Waals surface area contributed by atoms with Gasteiger partial charge in [0, 0.05) is 16.9 Å². The van der Waals surface area contributed by atoms with Crippen molar-refractivity contribution in [2.75, 3.05) is 6.54 Å². The quantitative estimate of drug-likeness (QED) is 0.890. The van der Waals surface area contributed by atoms with Crippen LogP contribution >= 0.6 is 11.3 Å². The van der Waals surface area contributed by atoms with Crippen LogP contribution in [0.4, 0.5) is 0 Å². The van der Waals surface area contributed by atoms with Crippen LogP contribution in [0.25, 0.3) is 11.3 Å². The number of hydrogen-bond donors (Lipinski definition) is 2. The lowest BCUT2D eigenvalue weighted by Gasteiger charge is -2.24. The van der Waals surface area contributed by atoms with Gasteiger partial charge in [-0.25, -0.2) is 0 Å². The Labute approximate surface area is 121 Å². The lowest BCUT2D eigenvalue weighted by atomic mass is 9.85. The summed E-state index contributed by atoms with van der Waals surface area (Å²) in [4.78, 5) is 11.7. The normalized spacial score (nSPS) is 16.6. The Morgan fingerprint density at radius 2 is 2.30 bits per heavy atom. The first-order chi connectivity index (χ1) is 9.74. The molecule has 106 valence electrons. The smallest absolute Gasteiger partial charge is 0.223 e. The molecule has 1 aliphatic rings. The van der Waals surface area contributed by atoms with Crippen LogP contribution in [0.15, 0.2) is 33.4 Å². The van der Waals surface area contributed by atoms with E-state index in [9.17, 15) is 9.90 Å². The topological polar surface area (TPSA) is 62.5 Å². The molecule has 2 aromatic heterocycles. The number of amides is 1. The van der Waals surface area contributed by atoms with E-state index in [2.05, 4.69) is 5.32 Å². The summed E-state index contributed by atoms with van der Waals surface area (Å²) >= 11 is 1.60. The molecule has 1 fully saturated rings. The van der Waals surface area contributed by atoms with Crippen LogP contribution in [-0.2, 0) is 4.79 Å². The number of rotatable bonds is 5. The average Bonchev–Trinajstić information content (AvgIpc) is 3.03. The van der Waals surface area contributed by atoms with Gasteiger partial charge in [-0.2, -0.15) is 11.3 Å². The van der Waals surface area contributed by atoms with Gasteiger partial charge >= 0.3 is 0 Å². The summed E-state index contributed by atoms with van der Waals surface area (Å²) in [6, 6.07) is 5.57. The Bertz CT molecular complexity index is 572. The van der Waals surface area contributed by atoms with Gasteiger partial charge in [-0.1, -0.05) is 6.42 Å². The molecule has 2 N–H and O–H groups in total. The minimum absolute atomic E-state index is 0.0416. The minimum atomic E-state index is -0.800. The second-order valence-electron chi connectivity index (χ2n) is 5.10. The molecule has 4 nitrogen and oxygen atoms in total. The van der Waals surface area contributed by atoms with E-state index in [0.717, 1.165) is 30.6 Å². The molecule has 1 saturated carbocycles. The fourth-order valence-corrected chi connectivity index (χ4v) is 2.85. The van der Waals surface area contributed by atoms with E-state index in [1.807, 2.05) is 22.9 Å². The molecule has 2 aromatic rings. The highest BCUT2D eigenvalue weighted by Gasteiger charge is 2.25. The molecule has 0 aliphatic heterocycles. The number of nitrogens with one attached hydrogen (secondary N) is 1. The van der Waals surface area contributed by atoms with Gasteiger partial charge in [0.15, 0.2) is 0 Å². The Balaban J connectivity index is 1.57. The summed E-state index contributed by atoms with van der Waals surface area (Å²) in [5.74, 6) is 1.41. The summed E-state index contributed by atoms with van der Waals surface area (Å²) in [6.07, 6.45) is 2.25. The molecule has 0 radical (unpaired) electrons. The van der Waals surface area contributed by atoms with Crippen molar-refractivity contribution in [1.82, 2.24) is 5.32 Å².